The van der Waals surface area contributed by atoms with Crippen LogP contribution in [-0.4, -0.2) is 32.4 Å². The van der Waals surface area contributed by atoms with Gasteiger partial charge in [0.25, 0.3) is 0 Å². The Morgan fingerprint density at radius 3 is 2.35 bits per heavy atom. The maximum absolute atomic E-state index is 11.9. The van der Waals surface area contributed by atoms with Crippen LogP contribution in [0.5, 0.6) is 11.5 Å². The van der Waals surface area contributed by atoms with Gasteiger partial charge in [0.2, 0.25) is 5.91 Å². The Hall–Kier alpha value is -2.40. The van der Waals surface area contributed by atoms with Gasteiger partial charge in [-0.1, -0.05) is 29.8 Å². The van der Waals surface area contributed by atoms with Crippen molar-refractivity contribution >= 4 is 23.7 Å². The number of amides is 1. The van der Waals surface area contributed by atoms with Gasteiger partial charge in [-0.2, -0.15) is 11.8 Å². The molecule has 0 aromatic heterocycles. The molecule has 5 heteroatoms. The highest BCUT2D eigenvalue weighted by Crippen LogP contribution is 2.23. The third-order valence-electron chi connectivity index (χ3n) is 3.74. The van der Waals surface area contributed by atoms with E-state index in [2.05, 4.69) is 36.5 Å². The smallest absolute Gasteiger partial charge is 0.244 e. The van der Waals surface area contributed by atoms with Gasteiger partial charge in [-0.25, -0.2) is 0 Å². The fourth-order valence-corrected chi connectivity index (χ4v) is 3.10. The van der Waals surface area contributed by atoms with E-state index in [1.807, 2.05) is 12.1 Å². The van der Waals surface area contributed by atoms with E-state index in [1.54, 1.807) is 38.1 Å². The lowest BCUT2D eigenvalue weighted by atomic mass is 10.2. The van der Waals surface area contributed by atoms with E-state index >= 15 is 0 Å². The molecule has 0 saturated heterocycles. The van der Waals surface area contributed by atoms with Crippen LogP contribution in [0.15, 0.2) is 48.5 Å². The number of methoxy groups -OCH3 is 2. The molecule has 2 aromatic rings. The highest BCUT2D eigenvalue weighted by molar-refractivity contribution is 7.98. The van der Waals surface area contributed by atoms with E-state index in [4.69, 9.17) is 9.47 Å². The molecule has 0 saturated carbocycles. The van der Waals surface area contributed by atoms with Crippen molar-refractivity contribution in [2.75, 3.05) is 26.5 Å². The molecule has 0 atom stereocenters. The minimum Gasteiger partial charge on any atom is -0.497 e. The molecular weight excluding hydrogens is 346 g/mol. The van der Waals surface area contributed by atoms with E-state index in [0.29, 0.717) is 18.0 Å². The summed E-state index contributed by atoms with van der Waals surface area (Å²) in [6.07, 6.45) is 3.28. The van der Waals surface area contributed by atoms with Crippen molar-refractivity contribution in [1.82, 2.24) is 5.32 Å². The third-order valence-corrected chi connectivity index (χ3v) is 4.77. The topological polar surface area (TPSA) is 47.6 Å². The fraction of sp³-hybridized carbons (Fsp3) is 0.286. The number of hydrogen-bond acceptors (Lipinski definition) is 4. The lowest BCUT2D eigenvalue weighted by Crippen LogP contribution is -2.23. The molecule has 0 spiro atoms. The minimum atomic E-state index is -0.109. The first-order valence-electron chi connectivity index (χ1n) is 8.43. The first-order chi connectivity index (χ1) is 12.6. The van der Waals surface area contributed by atoms with Crippen molar-refractivity contribution in [3.63, 3.8) is 0 Å². The summed E-state index contributed by atoms with van der Waals surface area (Å²) in [5.74, 6) is 3.10. The molecule has 0 heterocycles. The van der Waals surface area contributed by atoms with Crippen LogP contribution in [0.2, 0.25) is 0 Å². The Bertz CT molecular complexity index is 719. The molecule has 0 aliphatic heterocycles. The van der Waals surface area contributed by atoms with E-state index in [1.165, 1.54) is 17.2 Å². The average Bonchev–Trinajstić information content (AvgIpc) is 2.67. The summed E-state index contributed by atoms with van der Waals surface area (Å²) < 4.78 is 10.4. The van der Waals surface area contributed by atoms with Crippen molar-refractivity contribution in [3.05, 3.63) is 65.2 Å². The molecule has 0 aliphatic rings. The summed E-state index contributed by atoms with van der Waals surface area (Å²) in [5.41, 5.74) is 3.43. The van der Waals surface area contributed by atoms with Gasteiger partial charge in [0, 0.05) is 30.2 Å². The van der Waals surface area contributed by atoms with E-state index < -0.39 is 0 Å². The molecule has 0 unspecified atom stereocenters. The van der Waals surface area contributed by atoms with Gasteiger partial charge < -0.3 is 14.8 Å². The molecule has 4 nitrogen and oxygen atoms in total. The minimum absolute atomic E-state index is 0.109. The van der Waals surface area contributed by atoms with Gasteiger partial charge in [-0.3, -0.25) is 4.79 Å². The van der Waals surface area contributed by atoms with Crippen molar-refractivity contribution in [2.45, 2.75) is 12.7 Å². The first kappa shape index (κ1) is 19.9. The Morgan fingerprint density at radius 2 is 1.73 bits per heavy atom. The maximum atomic E-state index is 11.9. The molecule has 0 aliphatic carbocycles. The van der Waals surface area contributed by atoms with Gasteiger partial charge in [0.15, 0.2) is 0 Å². The quantitative estimate of drug-likeness (QED) is 0.533. The molecule has 26 heavy (non-hydrogen) atoms. The van der Waals surface area contributed by atoms with Crippen LogP contribution in [0.4, 0.5) is 0 Å². The lowest BCUT2D eigenvalue weighted by Gasteiger charge is -2.06. The number of hydrogen-bond donors (Lipinski definition) is 1. The molecule has 1 amide bonds. The summed E-state index contributed by atoms with van der Waals surface area (Å²) in [6.45, 7) is 2.72. The van der Waals surface area contributed by atoms with Crippen LogP contribution in [0.3, 0.4) is 0 Å². The monoisotopic (exact) mass is 371 g/mol. The average molecular weight is 372 g/mol. The standard InChI is InChI=1S/C21H25NO3S/c1-16-4-6-17(7-5-16)15-26-11-10-22-21(23)9-8-18-12-19(24-2)14-20(13-18)25-3/h4-9,12-14H,10-11,15H2,1-3H3,(H,22,23). The molecule has 2 aromatic carbocycles. The highest BCUT2D eigenvalue weighted by Gasteiger charge is 2.01. The third kappa shape index (κ3) is 6.84. The number of rotatable bonds is 9. The van der Waals surface area contributed by atoms with Crippen molar-refractivity contribution in [1.29, 1.82) is 0 Å². The van der Waals surface area contributed by atoms with E-state index in [0.717, 1.165) is 17.1 Å². The predicted octanol–water partition coefficient (Wildman–Crippen LogP) is 4.08. The van der Waals surface area contributed by atoms with Gasteiger partial charge in [-0.15, -0.1) is 0 Å². The number of aryl methyl sites for hydroxylation is 1. The number of ether oxygens (including phenoxy) is 2. The summed E-state index contributed by atoms with van der Waals surface area (Å²) >= 11 is 1.81. The molecule has 1 N–H and O–H groups in total. The maximum Gasteiger partial charge on any atom is 0.244 e. The predicted molar refractivity (Wildman–Crippen MR) is 109 cm³/mol. The normalized spacial score (nSPS) is 10.7. The largest absolute Gasteiger partial charge is 0.497 e. The number of carbonyl (C=O) groups excluding carboxylic acids is 1. The second kappa shape index (κ2) is 10.6. The van der Waals surface area contributed by atoms with Crippen LogP contribution in [0, 0.1) is 6.92 Å². The zero-order chi connectivity index (χ0) is 18.8. The summed E-state index contributed by atoms with van der Waals surface area (Å²) in [4.78, 5) is 11.9. The van der Waals surface area contributed by atoms with Crippen molar-refractivity contribution in [3.8, 4) is 11.5 Å². The molecule has 2 rings (SSSR count). The van der Waals surface area contributed by atoms with Gasteiger partial charge >= 0.3 is 0 Å². The summed E-state index contributed by atoms with van der Waals surface area (Å²) in [7, 11) is 3.20. The zero-order valence-electron chi connectivity index (χ0n) is 15.5. The van der Waals surface area contributed by atoms with Gasteiger partial charge in [0.05, 0.1) is 14.2 Å². The summed E-state index contributed by atoms with van der Waals surface area (Å²) in [6, 6.07) is 14.0. The second-order valence-electron chi connectivity index (χ2n) is 5.81. The van der Waals surface area contributed by atoms with Crippen LogP contribution >= 0.6 is 11.8 Å². The van der Waals surface area contributed by atoms with Gasteiger partial charge in [-0.05, 0) is 36.3 Å². The number of thioether (sulfide) groups is 1. The Labute approximate surface area is 159 Å². The first-order valence-corrected chi connectivity index (χ1v) is 9.58. The molecule has 138 valence electrons. The fourth-order valence-electron chi connectivity index (χ4n) is 2.28. The molecule has 0 fully saturated rings. The molecule has 0 bridgehead atoms. The Balaban J connectivity index is 1.73. The van der Waals surface area contributed by atoms with Crippen LogP contribution < -0.4 is 14.8 Å². The SMILES string of the molecule is COc1cc(C=CC(=O)NCCSCc2ccc(C)cc2)cc(OC)c1. The van der Waals surface area contributed by atoms with E-state index in [-0.39, 0.29) is 5.91 Å². The number of benzene rings is 2. The zero-order valence-corrected chi connectivity index (χ0v) is 16.3. The van der Waals surface area contributed by atoms with Crippen LogP contribution in [0.25, 0.3) is 6.08 Å². The Kier molecular flexibility index (Phi) is 8.09. The Morgan fingerprint density at radius 1 is 1.08 bits per heavy atom. The molecule has 0 radical (unpaired) electrons. The second-order valence-corrected chi connectivity index (χ2v) is 6.91. The lowest BCUT2D eigenvalue weighted by molar-refractivity contribution is -0.116. The van der Waals surface area contributed by atoms with E-state index in [9.17, 15) is 4.79 Å². The van der Waals surface area contributed by atoms with Crippen LogP contribution in [-0.2, 0) is 10.5 Å². The van der Waals surface area contributed by atoms with Gasteiger partial charge in [0.1, 0.15) is 11.5 Å². The van der Waals surface area contributed by atoms with Crippen molar-refractivity contribution in [2.24, 2.45) is 0 Å². The molecular formula is C21H25NO3S. The van der Waals surface area contributed by atoms with Crippen molar-refractivity contribution < 1.29 is 14.3 Å². The highest BCUT2D eigenvalue weighted by atomic mass is 32.2. The number of nitrogens with one attached hydrogen (secondary N) is 1. The van der Waals surface area contributed by atoms with Crippen LogP contribution in [0.1, 0.15) is 16.7 Å². The number of carbonyl (C=O) groups is 1. The summed E-state index contributed by atoms with van der Waals surface area (Å²) in [5, 5.41) is 2.90.